The first kappa shape index (κ1) is 22.2. The number of nitrogens with zero attached hydrogens (tertiary/aromatic N) is 2. The second kappa shape index (κ2) is 11.1. The first-order valence-corrected chi connectivity index (χ1v) is 9.64. The number of nitrogens with one attached hydrogen (secondary N) is 2. The minimum absolute atomic E-state index is 0.371. The maximum atomic E-state index is 12.2. The van der Waals surface area contributed by atoms with E-state index < -0.39 is 0 Å². The molecular formula is C24H22N4O4. The van der Waals surface area contributed by atoms with Crippen LogP contribution in [-0.2, 0) is 0 Å². The SMILES string of the molecule is COc1ccc(/C=N\NC(=O)c2ccc(C(=O)N/N=C\c3ccc(OC)cc3)cc2)cc1. The number of methoxy groups -OCH3 is 2. The lowest BCUT2D eigenvalue weighted by atomic mass is 10.1. The van der Waals surface area contributed by atoms with Crippen LogP contribution in [0.3, 0.4) is 0 Å². The summed E-state index contributed by atoms with van der Waals surface area (Å²) in [5.74, 6) is 0.696. The Morgan fingerprint density at radius 3 is 1.28 bits per heavy atom. The minimum atomic E-state index is -0.390. The summed E-state index contributed by atoms with van der Waals surface area (Å²) in [5.41, 5.74) is 7.27. The molecule has 0 aliphatic heterocycles. The van der Waals surface area contributed by atoms with Crippen LogP contribution in [0.4, 0.5) is 0 Å². The van der Waals surface area contributed by atoms with Crippen molar-refractivity contribution in [2.45, 2.75) is 0 Å². The van der Waals surface area contributed by atoms with Gasteiger partial charge in [0.2, 0.25) is 0 Å². The summed E-state index contributed by atoms with van der Waals surface area (Å²) >= 11 is 0. The van der Waals surface area contributed by atoms with E-state index in [1.165, 1.54) is 12.4 Å². The van der Waals surface area contributed by atoms with Crippen molar-refractivity contribution < 1.29 is 19.1 Å². The van der Waals surface area contributed by atoms with Crippen LogP contribution < -0.4 is 20.3 Å². The van der Waals surface area contributed by atoms with Crippen LogP contribution in [0.15, 0.2) is 83.0 Å². The molecule has 0 fully saturated rings. The van der Waals surface area contributed by atoms with Gasteiger partial charge in [-0.3, -0.25) is 9.59 Å². The summed E-state index contributed by atoms with van der Waals surface area (Å²) in [6, 6.07) is 20.6. The number of rotatable bonds is 8. The summed E-state index contributed by atoms with van der Waals surface area (Å²) in [6.45, 7) is 0. The molecule has 0 unspecified atom stereocenters. The predicted octanol–water partition coefficient (Wildman–Crippen LogP) is 3.23. The number of benzene rings is 3. The van der Waals surface area contributed by atoms with Gasteiger partial charge in [0.1, 0.15) is 11.5 Å². The van der Waals surface area contributed by atoms with Gasteiger partial charge in [-0.15, -0.1) is 0 Å². The summed E-state index contributed by atoms with van der Waals surface area (Å²) in [7, 11) is 3.18. The number of ether oxygens (including phenoxy) is 2. The van der Waals surface area contributed by atoms with Crippen molar-refractivity contribution in [1.82, 2.24) is 10.9 Å². The Morgan fingerprint density at radius 1 is 0.625 bits per heavy atom. The zero-order valence-electron chi connectivity index (χ0n) is 17.6. The molecule has 3 rings (SSSR count). The topological polar surface area (TPSA) is 101 Å². The van der Waals surface area contributed by atoms with E-state index in [1.54, 1.807) is 62.8 Å². The Morgan fingerprint density at radius 2 is 0.969 bits per heavy atom. The fourth-order valence-electron chi connectivity index (χ4n) is 2.61. The number of carbonyl (C=O) groups is 2. The zero-order chi connectivity index (χ0) is 22.8. The van der Waals surface area contributed by atoms with E-state index in [4.69, 9.17) is 9.47 Å². The van der Waals surface area contributed by atoms with Crippen molar-refractivity contribution in [3.8, 4) is 11.5 Å². The number of amides is 2. The lowest BCUT2D eigenvalue weighted by molar-refractivity contribution is 0.0943. The van der Waals surface area contributed by atoms with Gasteiger partial charge < -0.3 is 9.47 Å². The van der Waals surface area contributed by atoms with Gasteiger partial charge in [0.05, 0.1) is 26.6 Å². The van der Waals surface area contributed by atoms with E-state index in [9.17, 15) is 9.59 Å². The molecular weight excluding hydrogens is 408 g/mol. The van der Waals surface area contributed by atoms with Gasteiger partial charge in [-0.2, -0.15) is 10.2 Å². The second-order valence-electron chi connectivity index (χ2n) is 6.52. The molecule has 0 radical (unpaired) electrons. The van der Waals surface area contributed by atoms with Gasteiger partial charge in [-0.25, -0.2) is 10.9 Å². The highest BCUT2D eigenvalue weighted by Crippen LogP contribution is 2.11. The molecule has 3 aromatic rings. The molecule has 0 saturated carbocycles. The highest BCUT2D eigenvalue weighted by Gasteiger charge is 2.08. The highest BCUT2D eigenvalue weighted by atomic mass is 16.5. The maximum Gasteiger partial charge on any atom is 0.271 e. The van der Waals surface area contributed by atoms with E-state index in [-0.39, 0.29) is 11.8 Å². The first-order valence-electron chi connectivity index (χ1n) is 9.64. The van der Waals surface area contributed by atoms with Gasteiger partial charge in [-0.05, 0) is 83.9 Å². The summed E-state index contributed by atoms with van der Waals surface area (Å²) < 4.78 is 10.2. The molecule has 3 aromatic carbocycles. The number of hydrazone groups is 2. The third-order valence-electron chi connectivity index (χ3n) is 4.40. The summed E-state index contributed by atoms with van der Waals surface area (Å²) in [6.07, 6.45) is 3.06. The number of carbonyl (C=O) groups excluding carboxylic acids is 2. The van der Waals surface area contributed by atoms with Crippen molar-refractivity contribution >= 4 is 24.2 Å². The maximum absolute atomic E-state index is 12.2. The van der Waals surface area contributed by atoms with Crippen molar-refractivity contribution in [3.63, 3.8) is 0 Å². The average molecular weight is 430 g/mol. The fourth-order valence-corrected chi connectivity index (χ4v) is 2.61. The van der Waals surface area contributed by atoms with Gasteiger partial charge in [-0.1, -0.05) is 0 Å². The Hall–Kier alpha value is -4.46. The molecule has 2 N–H and O–H groups in total. The minimum Gasteiger partial charge on any atom is -0.497 e. The number of hydrogen-bond acceptors (Lipinski definition) is 6. The molecule has 0 bridgehead atoms. The molecule has 0 spiro atoms. The lowest BCUT2D eigenvalue weighted by Gasteiger charge is -2.03. The van der Waals surface area contributed by atoms with Gasteiger partial charge in [0, 0.05) is 11.1 Å². The zero-order valence-corrected chi connectivity index (χ0v) is 17.6. The monoisotopic (exact) mass is 430 g/mol. The molecule has 0 aliphatic rings. The highest BCUT2D eigenvalue weighted by molar-refractivity contribution is 5.98. The quantitative estimate of drug-likeness (QED) is 0.423. The second-order valence-corrected chi connectivity index (χ2v) is 6.52. The molecule has 8 nitrogen and oxygen atoms in total. The normalized spacial score (nSPS) is 10.8. The van der Waals surface area contributed by atoms with Crippen LogP contribution in [0.1, 0.15) is 31.8 Å². The predicted molar refractivity (Wildman–Crippen MR) is 123 cm³/mol. The third-order valence-corrected chi connectivity index (χ3v) is 4.40. The van der Waals surface area contributed by atoms with E-state index in [1.807, 2.05) is 24.3 Å². The van der Waals surface area contributed by atoms with Crippen LogP contribution >= 0.6 is 0 Å². The molecule has 0 aromatic heterocycles. The van der Waals surface area contributed by atoms with Crippen molar-refractivity contribution in [2.24, 2.45) is 10.2 Å². The standard InChI is InChI=1S/C24H22N4O4/c1-31-21-11-3-17(4-12-21)15-25-27-23(29)19-7-9-20(10-8-19)24(30)28-26-16-18-5-13-22(32-2)14-6-18/h3-16H,1-2H3,(H,27,29)(H,28,30)/b25-15-,26-16-. The van der Waals surface area contributed by atoms with Crippen molar-refractivity contribution in [3.05, 3.63) is 95.1 Å². The lowest BCUT2D eigenvalue weighted by Crippen LogP contribution is -2.19. The van der Waals surface area contributed by atoms with Crippen LogP contribution in [0, 0.1) is 0 Å². The van der Waals surface area contributed by atoms with Crippen LogP contribution in [0.5, 0.6) is 11.5 Å². The molecule has 0 saturated heterocycles. The van der Waals surface area contributed by atoms with E-state index >= 15 is 0 Å². The molecule has 2 amide bonds. The van der Waals surface area contributed by atoms with Crippen molar-refractivity contribution in [1.29, 1.82) is 0 Å². The Bertz CT molecular complexity index is 1020. The third kappa shape index (κ3) is 6.27. The van der Waals surface area contributed by atoms with E-state index in [0.29, 0.717) is 11.1 Å². The molecule has 32 heavy (non-hydrogen) atoms. The van der Waals surface area contributed by atoms with Gasteiger partial charge in [0.25, 0.3) is 11.8 Å². The van der Waals surface area contributed by atoms with Crippen LogP contribution in [0.2, 0.25) is 0 Å². The largest absolute Gasteiger partial charge is 0.497 e. The molecule has 162 valence electrons. The Kier molecular flexibility index (Phi) is 7.69. The van der Waals surface area contributed by atoms with Gasteiger partial charge >= 0.3 is 0 Å². The molecule has 8 heteroatoms. The van der Waals surface area contributed by atoms with E-state index in [0.717, 1.165) is 22.6 Å². The summed E-state index contributed by atoms with van der Waals surface area (Å²) in [4.78, 5) is 24.4. The van der Waals surface area contributed by atoms with Gasteiger partial charge in [0.15, 0.2) is 0 Å². The average Bonchev–Trinajstić information content (AvgIpc) is 2.85. The van der Waals surface area contributed by atoms with Crippen molar-refractivity contribution in [2.75, 3.05) is 14.2 Å². The Labute approximate surface area is 185 Å². The Balaban J connectivity index is 1.51. The first-order chi connectivity index (χ1) is 15.6. The molecule has 0 atom stereocenters. The summed E-state index contributed by atoms with van der Waals surface area (Å²) in [5, 5.41) is 7.88. The number of hydrogen-bond donors (Lipinski definition) is 2. The van der Waals surface area contributed by atoms with E-state index in [2.05, 4.69) is 21.1 Å². The van der Waals surface area contributed by atoms with Crippen LogP contribution in [0.25, 0.3) is 0 Å². The molecule has 0 heterocycles. The fraction of sp³-hybridized carbons (Fsp3) is 0.0833. The smallest absolute Gasteiger partial charge is 0.271 e. The van der Waals surface area contributed by atoms with Crippen LogP contribution in [-0.4, -0.2) is 38.5 Å². The molecule has 0 aliphatic carbocycles.